The molecule has 0 radical (unpaired) electrons. The number of alkyl halides is 3. The molecule has 0 aromatic heterocycles. The average molecular weight is 248 g/mol. The monoisotopic (exact) mass is 248 g/mol. The summed E-state index contributed by atoms with van der Waals surface area (Å²) in [5.74, 6) is -1.86. The topological polar surface area (TPSA) is 27.0 Å². The second-order valence-electron chi connectivity index (χ2n) is 5.54. The van der Waals surface area contributed by atoms with Crippen LogP contribution in [0.4, 0.5) is 13.2 Å². The maximum Gasteiger partial charge on any atom is 0.405 e. The second-order valence-corrected chi connectivity index (χ2v) is 5.54. The van der Waals surface area contributed by atoms with Gasteiger partial charge in [0, 0.05) is 6.54 Å². The number of hydrogen-bond acceptors (Lipinski definition) is 2. The average Bonchev–Trinajstić information content (AvgIpc) is 2.34. The van der Waals surface area contributed by atoms with Crippen LogP contribution in [-0.2, 0) is 0 Å². The Morgan fingerprint density at radius 2 is 1.94 bits per heavy atom. The number of hydrogen-bond donors (Lipinski definition) is 0. The number of rotatable bonds is 2. The smallest absolute Gasteiger partial charge is 0.302 e. The molecule has 0 bridgehead atoms. The van der Waals surface area contributed by atoms with E-state index in [-0.39, 0.29) is 12.0 Å². The van der Waals surface area contributed by atoms with Crippen LogP contribution in [0.2, 0.25) is 0 Å². The Bertz CT molecular complexity index is 291. The van der Waals surface area contributed by atoms with Crippen molar-refractivity contribution in [2.45, 2.75) is 39.3 Å². The fourth-order valence-corrected chi connectivity index (χ4v) is 2.14. The van der Waals surface area contributed by atoms with Gasteiger partial charge in [0.25, 0.3) is 0 Å². The van der Waals surface area contributed by atoms with Gasteiger partial charge in [0.1, 0.15) is 0 Å². The van der Waals surface area contributed by atoms with Crippen molar-refractivity contribution in [3.8, 4) is 6.07 Å². The third kappa shape index (κ3) is 4.55. The summed E-state index contributed by atoms with van der Waals surface area (Å²) >= 11 is 0. The fourth-order valence-electron chi connectivity index (χ4n) is 2.14. The molecule has 0 amide bonds. The van der Waals surface area contributed by atoms with Crippen LogP contribution >= 0.6 is 0 Å². The van der Waals surface area contributed by atoms with Crippen LogP contribution in [0.15, 0.2) is 0 Å². The minimum atomic E-state index is -4.41. The minimum Gasteiger partial charge on any atom is -0.302 e. The van der Waals surface area contributed by atoms with Gasteiger partial charge in [0.15, 0.2) is 5.92 Å². The van der Waals surface area contributed by atoms with Crippen molar-refractivity contribution in [1.82, 2.24) is 4.90 Å². The molecule has 1 heterocycles. The Morgan fingerprint density at radius 3 is 2.47 bits per heavy atom. The van der Waals surface area contributed by atoms with Gasteiger partial charge in [-0.3, -0.25) is 0 Å². The first-order chi connectivity index (χ1) is 7.74. The Balaban J connectivity index is 2.55. The van der Waals surface area contributed by atoms with Crippen LogP contribution in [0.3, 0.4) is 0 Å². The van der Waals surface area contributed by atoms with E-state index in [0.717, 1.165) is 19.3 Å². The molecule has 1 atom stereocenters. The van der Waals surface area contributed by atoms with E-state index in [1.165, 1.54) is 6.07 Å². The van der Waals surface area contributed by atoms with E-state index in [4.69, 9.17) is 5.26 Å². The third-order valence-corrected chi connectivity index (χ3v) is 3.42. The zero-order valence-electron chi connectivity index (χ0n) is 10.3. The first-order valence-electron chi connectivity index (χ1n) is 5.93. The van der Waals surface area contributed by atoms with E-state index in [2.05, 4.69) is 13.8 Å². The Hall–Kier alpha value is -0.760. The zero-order valence-corrected chi connectivity index (χ0v) is 10.3. The molecule has 0 N–H and O–H groups in total. The van der Waals surface area contributed by atoms with Gasteiger partial charge in [-0.1, -0.05) is 13.8 Å². The molecule has 1 fully saturated rings. The van der Waals surface area contributed by atoms with Crippen molar-refractivity contribution in [1.29, 1.82) is 5.26 Å². The highest BCUT2D eigenvalue weighted by Crippen LogP contribution is 2.31. The quantitative estimate of drug-likeness (QED) is 0.750. The van der Waals surface area contributed by atoms with Crippen molar-refractivity contribution >= 4 is 0 Å². The van der Waals surface area contributed by atoms with Gasteiger partial charge in [-0.15, -0.1) is 0 Å². The minimum absolute atomic E-state index is 0.184. The maximum atomic E-state index is 12.5. The highest BCUT2D eigenvalue weighted by Gasteiger charge is 2.41. The summed E-state index contributed by atoms with van der Waals surface area (Å²) < 4.78 is 37.4. The lowest BCUT2D eigenvalue weighted by molar-refractivity contribution is -0.163. The molecule has 2 nitrogen and oxygen atoms in total. The molecule has 1 aliphatic heterocycles. The normalized spacial score (nSPS) is 23.8. The highest BCUT2D eigenvalue weighted by molar-refractivity contribution is 4.91. The maximum absolute atomic E-state index is 12.5. The summed E-state index contributed by atoms with van der Waals surface area (Å²) in [5.41, 5.74) is 0.203. The lowest BCUT2D eigenvalue weighted by Crippen LogP contribution is -2.36. The molecule has 0 spiro atoms. The summed E-state index contributed by atoms with van der Waals surface area (Å²) in [6, 6.07) is 1.36. The molecule has 1 rings (SSSR count). The van der Waals surface area contributed by atoms with Crippen molar-refractivity contribution < 1.29 is 13.2 Å². The molecule has 0 aliphatic carbocycles. The molecular weight excluding hydrogens is 229 g/mol. The lowest BCUT2D eigenvalue weighted by Gasteiger charge is -2.25. The third-order valence-electron chi connectivity index (χ3n) is 3.42. The molecule has 98 valence electrons. The molecule has 0 saturated carbocycles. The van der Waals surface area contributed by atoms with Crippen LogP contribution in [0.1, 0.15) is 33.1 Å². The summed E-state index contributed by atoms with van der Waals surface area (Å²) in [5, 5.41) is 8.57. The molecule has 1 unspecified atom stereocenters. The standard InChI is InChI=1S/C12H19F3N2/c1-11(2)4-3-6-17(7-5-11)9-10(8-16)12(13,14)15/h10H,3-7,9H2,1-2H3. The van der Waals surface area contributed by atoms with Crippen LogP contribution in [0.25, 0.3) is 0 Å². The van der Waals surface area contributed by atoms with E-state index in [9.17, 15) is 13.2 Å². The van der Waals surface area contributed by atoms with Crippen LogP contribution in [-0.4, -0.2) is 30.7 Å². The first kappa shape index (κ1) is 14.3. The number of likely N-dealkylation sites (tertiary alicyclic amines) is 1. The molecule has 0 aromatic rings. The van der Waals surface area contributed by atoms with E-state index in [0.29, 0.717) is 13.1 Å². The second kappa shape index (κ2) is 5.26. The summed E-state index contributed by atoms with van der Waals surface area (Å²) in [6.45, 7) is 5.42. The van der Waals surface area contributed by atoms with Gasteiger partial charge in [0.2, 0.25) is 0 Å². The predicted octanol–water partition coefficient (Wildman–Crippen LogP) is 3.20. The number of halogens is 3. The molecule has 0 aromatic carbocycles. The number of nitriles is 1. The van der Waals surface area contributed by atoms with Crippen molar-refractivity contribution in [3.05, 3.63) is 0 Å². The van der Waals surface area contributed by atoms with E-state index < -0.39 is 12.1 Å². The van der Waals surface area contributed by atoms with Crippen molar-refractivity contribution in [2.75, 3.05) is 19.6 Å². The van der Waals surface area contributed by atoms with Crippen LogP contribution in [0, 0.1) is 22.7 Å². The summed E-state index contributed by atoms with van der Waals surface area (Å²) in [7, 11) is 0. The van der Waals surface area contributed by atoms with Gasteiger partial charge in [0.05, 0.1) is 6.07 Å². The molecule has 1 aliphatic rings. The lowest BCUT2D eigenvalue weighted by atomic mass is 9.85. The van der Waals surface area contributed by atoms with E-state index >= 15 is 0 Å². The molecular formula is C12H19F3N2. The fraction of sp³-hybridized carbons (Fsp3) is 0.917. The van der Waals surface area contributed by atoms with Gasteiger partial charge >= 0.3 is 6.18 Å². The van der Waals surface area contributed by atoms with E-state index in [1.807, 2.05) is 0 Å². The van der Waals surface area contributed by atoms with Gasteiger partial charge < -0.3 is 4.90 Å². The Morgan fingerprint density at radius 1 is 1.29 bits per heavy atom. The molecule has 17 heavy (non-hydrogen) atoms. The van der Waals surface area contributed by atoms with Crippen molar-refractivity contribution in [2.24, 2.45) is 11.3 Å². The van der Waals surface area contributed by atoms with Gasteiger partial charge in [-0.25, -0.2) is 0 Å². The number of nitrogens with zero attached hydrogens (tertiary/aromatic N) is 2. The van der Waals surface area contributed by atoms with Gasteiger partial charge in [-0.05, 0) is 37.8 Å². The highest BCUT2D eigenvalue weighted by atomic mass is 19.4. The molecule has 1 saturated heterocycles. The Kier molecular flexibility index (Phi) is 4.42. The zero-order chi connectivity index (χ0) is 13.1. The van der Waals surface area contributed by atoms with E-state index in [1.54, 1.807) is 4.90 Å². The SMILES string of the molecule is CC1(C)CCCN(CC(C#N)C(F)(F)F)CC1. The van der Waals surface area contributed by atoms with Crippen LogP contribution < -0.4 is 0 Å². The largest absolute Gasteiger partial charge is 0.405 e. The van der Waals surface area contributed by atoms with Crippen molar-refractivity contribution in [3.63, 3.8) is 0 Å². The van der Waals surface area contributed by atoms with Crippen LogP contribution in [0.5, 0.6) is 0 Å². The summed E-state index contributed by atoms with van der Waals surface area (Å²) in [4.78, 5) is 1.77. The summed E-state index contributed by atoms with van der Waals surface area (Å²) in [6.07, 6.45) is -1.57. The predicted molar refractivity (Wildman–Crippen MR) is 59.2 cm³/mol. The first-order valence-corrected chi connectivity index (χ1v) is 5.93. The van der Waals surface area contributed by atoms with Gasteiger partial charge in [-0.2, -0.15) is 18.4 Å². The Labute approximate surface area is 100 Å². The molecule has 5 heteroatoms.